The molecule has 3 aromatic carbocycles. The molecular weight excluding hydrogens is 332 g/mol. The fraction of sp³-hybridized carbons (Fsp3) is 0.100. The Hall–Kier alpha value is -3.54. The summed E-state index contributed by atoms with van der Waals surface area (Å²) in [6.07, 6.45) is 0. The van der Waals surface area contributed by atoms with Crippen molar-refractivity contribution >= 4 is 22.6 Å². The Morgan fingerprint density at radius 3 is 2.27 bits per heavy atom. The number of hydrogen-bond acceptors (Lipinski definition) is 5. The van der Waals surface area contributed by atoms with Crippen LogP contribution in [0.5, 0.6) is 11.5 Å². The lowest BCUT2D eigenvalue weighted by Gasteiger charge is -2.08. The summed E-state index contributed by atoms with van der Waals surface area (Å²) in [7, 11) is 3.07. The van der Waals surface area contributed by atoms with Gasteiger partial charge in [-0.25, -0.2) is 4.79 Å². The van der Waals surface area contributed by atoms with Crippen molar-refractivity contribution < 1.29 is 19.1 Å². The Morgan fingerprint density at radius 2 is 1.58 bits per heavy atom. The molecule has 3 aromatic rings. The lowest BCUT2D eigenvalue weighted by Crippen LogP contribution is -2.15. The van der Waals surface area contributed by atoms with E-state index in [1.54, 1.807) is 30.3 Å². The Morgan fingerprint density at radius 1 is 0.923 bits per heavy atom. The zero-order valence-electron chi connectivity index (χ0n) is 14.4. The van der Waals surface area contributed by atoms with Crippen LogP contribution in [0.1, 0.15) is 15.9 Å². The monoisotopic (exact) mass is 350 g/mol. The zero-order valence-corrected chi connectivity index (χ0v) is 14.4. The van der Waals surface area contributed by atoms with E-state index in [9.17, 15) is 4.79 Å². The van der Waals surface area contributed by atoms with Crippen LogP contribution in [0, 0.1) is 0 Å². The van der Waals surface area contributed by atoms with Gasteiger partial charge in [0.15, 0.2) is 5.84 Å². The first-order valence-electron chi connectivity index (χ1n) is 7.88. The third-order valence-corrected chi connectivity index (χ3v) is 3.88. The summed E-state index contributed by atoms with van der Waals surface area (Å²) in [4.78, 5) is 17.4. The van der Waals surface area contributed by atoms with Gasteiger partial charge in [0, 0.05) is 11.6 Å². The molecule has 0 spiro atoms. The first-order valence-corrected chi connectivity index (χ1v) is 7.88. The topological polar surface area (TPSA) is 83.1 Å². The van der Waals surface area contributed by atoms with Crippen LogP contribution in [0.2, 0.25) is 0 Å². The summed E-state index contributed by atoms with van der Waals surface area (Å²) in [5.41, 5.74) is 6.88. The highest BCUT2D eigenvalue weighted by molar-refractivity contribution is 6.05. The minimum Gasteiger partial charge on any atom is -0.497 e. The van der Waals surface area contributed by atoms with Crippen LogP contribution in [-0.4, -0.2) is 26.0 Å². The molecule has 0 radical (unpaired) electrons. The number of methoxy groups -OCH3 is 2. The zero-order chi connectivity index (χ0) is 18.5. The second-order valence-corrected chi connectivity index (χ2v) is 5.48. The number of nitrogens with zero attached hydrogens (tertiary/aromatic N) is 1. The van der Waals surface area contributed by atoms with E-state index in [0.717, 1.165) is 10.8 Å². The molecule has 2 N–H and O–H groups in total. The molecule has 0 unspecified atom stereocenters. The molecule has 6 heteroatoms. The van der Waals surface area contributed by atoms with Crippen molar-refractivity contribution in [2.75, 3.05) is 14.2 Å². The average Bonchev–Trinajstić information content (AvgIpc) is 2.70. The first-order chi connectivity index (χ1) is 12.6. The molecule has 0 amide bonds. The summed E-state index contributed by atoms with van der Waals surface area (Å²) >= 11 is 0. The van der Waals surface area contributed by atoms with E-state index in [0.29, 0.717) is 22.6 Å². The highest BCUT2D eigenvalue weighted by Gasteiger charge is 2.12. The first kappa shape index (κ1) is 17.3. The molecule has 0 saturated heterocycles. The van der Waals surface area contributed by atoms with Crippen LogP contribution in [-0.2, 0) is 4.84 Å². The maximum Gasteiger partial charge on any atom is 0.366 e. The normalized spacial score (nSPS) is 11.2. The SMILES string of the molecule is COc1cc(OC)cc(/C(N)=N\OC(=O)c2cccc3ccccc23)c1. The molecule has 0 aliphatic heterocycles. The van der Waals surface area contributed by atoms with Gasteiger partial charge in [0.2, 0.25) is 0 Å². The number of nitrogens with two attached hydrogens (primary N) is 1. The van der Waals surface area contributed by atoms with Crippen molar-refractivity contribution in [2.24, 2.45) is 10.9 Å². The van der Waals surface area contributed by atoms with Crippen LogP contribution >= 0.6 is 0 Å². The molecule has 26 heavy (non-hydrogen) atoms. The van der Waals surface area contributed by atoms with Crippen molar-refractivity contribution in [3.8, 4) is 11.5 Å². The summed E-state index contributed by atoms with van der Waals surface area (Å²) in [6, 6.07) is 18.0. The van der Waals surface area contributed by atoms with Crippen LogP contribution in [0.3, 0.4) is 0 Å². The molecule has 0 aliphatic rings. The molecule has 132 valence electrons. The van der Waals surface area contributed by atoms with Gasteiger partial charge in [-0.3, -0.25) is 0 Å². The molecule has 0 saturated carbocycles. The molecule has 0 heterocycles. The number of ether oxygens (including phenoxy) is 2. The van der Waals surface area contributed by atoms with E-state index in [4.69, 9.17) is 20.0 Å². The van der Waals surface area contributed by atoms with Gasteiger partial charge in [-0.15, -0.1) is 0 Å². The second kappa shape index (κ2) is 7.57. The number of hydrogen-bond donors (Lipinski definition) is 1. The van der Waals surface area contributed by atoms with E-state index >= 15 is 0 Å². The molecule has 0 atom stereocenters. The van der Waals surface area contributed by atoms with E-state index in [1.165, 1.54) is 14.2 Å². The minimum atomic E-state index is -0.584. The maximum absolute atomic E-state index is 12.4. The molecule has 3 rings (SSSR count). The molecular formula is C20H18N2O4. The Balaban J connectivity index is 1.86. The standard InChI is InChI=1S/C20H18N2O4/c1-24-15-10-14(11-16(12-15)25-2)19(21)22-26-20(23)18-9-5-7-13-6-3-4-8-17(13)18/h3-12H,1-2H3,(H2,21,22). The highest BCUT2D eigenvalue weighted by Crippen LogP contribution is 2.23. The van der Waals surface area contributed by atoms with E-state index in [-0.39, 0.29) is 5.84 Å². The van der Waals surface area contributed by atoms with E-state index < -0.39 is 5.97 Å². The van der Waals surface area contributed by atoms with Crippen LogP contribution in [0.4, 0.5) is 0 Å². The number of amidine groups is 1. The van der Waals surface area contributed by atoms with Gasteiger partial charge in [0.05, 0.1) is 19.8 Å². The fourth-order valence-electron chi connectivity index (χ4n) is 2.55. The smallest absolute Gasteiger partial charge is 0.366 e. The number of fused-ring (bicyclic) bond motifs is 1. The predicted octanol–water partition coefficient (Wildman–Crippen LogP) is 3.33. The second-order valence-electron chi connectivity index (χ2n) is 5.48. The highest BCUT2D eigenvalue weighted by atomic mass is 16.7. The number of carbonyl (C=O) groups is 1. The van der Waals surface area contributed by atoms with Gasteiger partial charge in [-0.2, -0.15) is 0 Å². The van der Waals surface area contributed by atoms with Gasteiger partial charge >= 0.3 is 5.97 Å². The molecule has 0 bridgehead atoms. The number of rotatable bonds is 5. The number of benzene rings is 3. The minimum absolute atomic E-state index is 0.0378. The van der Waals surface area contributed by atoms with Gasteiger partial charge in [0.25, 0.3) is 0 Å². The summed E-state index contributed by atoms with van der Waals surface area (Å²) in [5, 5.41) is 5.49. The summed E-state index contributed by atoms with van der Waals surface area (Å²) in [5.74, 6) is 0.561. The van der Waals surface area contributed by atoms with Crippen molar-refractivity contribution in [3.05, 3.63) is 71.8 Å². The van der Waals surface area contributed by atoms with Gasteiger partial charge in [0.1, 0.15) is 11.5 Å². The van der Waals surface area contributed by atoms with Crippen LogP contribution in [0.15, 0.2) is 65.8 Å². The Kier molecular flexibility index (Phi) is 5.03. The van der Waals surface area contributed by atoms with E-state index in [2.05, 4.69) is 5.16 Å². The predicted molar refractivity (Wildman–Crippen MR) is 99.6 cm³/mol. The largest absolute Gasteiger partial charge is 0.497 e. The van der Waals surface area contributed by atoms with Crippen LogP contribution in [0.25, 0.3) is 10.8 Å². The maximum atomic E-state index is 12.4. The quantitative estimate of drug-likeness (QED) is 0.330. The third kappa shape index (κ3) is 3.59. The van der Waals surface area contributed by atoms with E-state index in [1.807, 2.05) is 30.3 Å². The number of oxime groups is 1. The van der Waals surface area contributed by atoms with Gasteiger partial charge < -0.3 is 20.0 Å². The lowest BCUT2D eigenvalue weighted by atomic mass is 10.1. The lowest BCUT2D eigenvalue weighted by molar-refractivity contribution is 0.0518. The van der Waals surface area contributed by atoms with Crippen LogP contribution < -0.4 is 15.2 Å². The summed E-state index contributed by atoms with van der Waals surface area (Å²) < 4.78 is 10.4. The average molecular weight is 350 g/mol. The molecule has 0 fully saturated rings. The van der Waals surface area contributed by atoms with Gasteiger partial charge in [-0.05, 0) is 29.0 Å². The Bertz CT molecular complexity index is 955. The van der Waals surface area contributed by atoms with Crippen molar-refractivity contribution in [2.45, 2.75) is 0 Å². The Labute approximate surface area is 150 Å². The van der Waals surface area contributed by atoms with Crippen molar-refractivity contribution in [1.82, 2.24) is 0 Å². The third-order valence-electron chi connectivity index (χ3n) is 3.88. The number of carbonyl (C=O) groups excluding carboxylic acids is 1. The molecule has 0 aromatic heterocycles. The summed E-state index contributed by atoms with van der Waals surface area (Å²) in [6.45, 7) is 0. The molecule has 6 nitrogen and oxygen atoms in total. The molecule has 0 aliphatic carbocycles. The fourth-order valence-corrected chi connectivity index (χ4v) is 2.55. The van der Waals surface area contributed by atoms with Gasteiger partial charge in [-0.1, -0.05) is 41.6 Å². The van der Waals surface area contributed by atoms with Crippen molar-refractivity contribution in [3.63, 3.8) is 0 Å². The van der Waals surface area contributed by atoms with Crippen molar-refractivity contribution in [1.29, 1.82) is 0 Å².